The highest BCUT2D eigenvalue weighted by Crippen LogP contribution is 2.33. The second-order valence-corrected chi connectivity index (χ2v) is 8.84. The van der Waals surface area contributed by atoms with E-state index in [1.807, 2.05) is 0 Å². The van der Waals surface area contributed by atoms with Gasteiger partial charge < -0.3 is 19.9 Å². The number of nitrogens with one attached hydrogen (secondary N) is 1. The topological polar surface area (TPSA) is 87.7 Å². The summed E-state index contributed by atoms with van der Waals surface area (Å²) >= 11 is 0. The Kier molecular flexibility index (Phi) is 7.01. The molecule has 0 aliphatic carbocycles. The number of anilines is 2. The molecule has 2 aromatic rings. The molecular weight excluding hydrogens is 489 g/mol. The Labute approximate surface area is 203 Å². The van der Waals surface area contributed by atoms with Crippen molar-refractivity contribution >= 4 is 23.5 Å². The molecule has 0 radical (unpaired) electrons. The normalized spacial score (nSPS) is 19.9. The first kappa shape index (κ1) is 25.6. The van der Waals surface area contributed by atoms with Crippen LogP contribution in [0.2, 0.25) is 0 Å². The van der Waals surface area contributed by atoms with Crippen LogP contribution in [0.5, 0.6) is 5.75 Å². The Morgan fingerprint density at radius 3 is 2.72 bits per heavy atom. The maximum atomic E-state index is 14.3. The minimum absolute atomic E-state index is 0.0265. The highest BCUT2D eigenvalue weighted by Gasteiger charge is 2.44. The zero-order valence-electron chi connectivity index (χ0n) is 19.3. The number of pyridine rings is 2. The van der Waals surface area contributed by atoms with Gasteiger partial charge in [0, 0.05) is 38.2 Å². The second-order valence-electron chi connectivity index (χ2n) is 8.84. The van der Waals surface area contributed by atoms with E-state index in [0.29, 0.717) is 24.9 Å². The van der Waals surface area contributed by atoms with E-state index < -0.39 is 36.5 Å². The molecule has 8 nitrogen and oxygen atoms in total. The van der Waals surface area contributed by atoms with E-state index in [1.54, 1.807) is 17.9 Å². The van der Waals surface area contributed by atoms with E-state index in [1.165, 1.54) is 6.07 Å². The molecule has 13 heteroatoms. The summed E-state index contributed by atoms with van der Waals surface area (Å²) in [5, 5.41) is 2.71. The fraction of sp³-hybridized carbons (Fsp3) is 0.478. The number of nitrogens with zero attached hydrogens (tertiary/aromatic N) is 4. The zero-order chi connectivity index (χ0) is 26.1. The van der Waals surface area contributed by atoms with Gasteiger partial charge in [0.1, 0.15) is 23.1 Å². The molecule has 2 fully saturated rings. The van der Waals surface area contributed by atoms with Crippen molar-refractivity contribution in [3.63, 3.8) is 0 Å². The summed E-state index contributed by atoms with van der Waals surface area (Å²) in [6.07, 6.45) is -3.05. The molecular formula is C23H24F5N5O3. The maximum absolute atomic E-state index is 14.3. The third kappa shape index (κ3) is 6.18. The van der Waals surface area contributed by atoms with Gasteiger partial charge in [0.05, 0.1) is 12.6 Å². The lowest BCUT2D eigenvalue weighted by Gasteiger charge is -2.41. The van der Waals surface area contributed by atoms with Gasteiger partial charge in [0.15, 0.2) is 0 Å². The van der Waals surface area contributed by atoms with E-state index in [2.05, 4.69) is 20.0 Å². The maximum Gasteiger partial charge on any atom is 0.573 e. The van der Waals surface area contributed by atoms with Crippen LogP contribution in [0, 0.1) is 6.92 Å². The van der Waals surface area contributed by atoms with Crippen LogP contribution in [0.4, 0.5) is 33.6 Å². The molecule has 4 rings (SSSR count). The number of ether oxygens (including phenoxy) is 1. The van der Waals surface area contributed by atoms with Crippen molar-refractivity contribution in [2.75, 3.05) is 25.0 Å². The fourth-order valence-corrected chi connectivity index (χ4v) is 4.33. The number of aryl methyl sites for hydroxylation is 1. The predicted molar refractivity (Wildman–Crippen MR) is 118 cm³/mol. The van der Waals surface area contributed by atoms with Crippen molar-refractivity contribution in [2.45, 2.75) is 50.9 Å². The van der Waals surface area contributed by atoms with Crippen LogP contribution in [-0.2, 0) is 4.79 Å². The highest BCUT2D eigenvalue weighted by molar-refractivity contribution is 5.94. The van der Waals surface area contributed by atoms with Crippen molar-refractivity contribution in [3.05, 3.63) is 41.7 Å². The summed E-state index contributed by atoms with van der Waals surface area (Å²) in [4.78, 5) is 36.3. The molecule has 2 saturated heterocycles. The summed E-state index contributed by atoms with van der Waals surface area (Å²) in [5.74, 6) is -4.30. The summed E-state index contributed by atoms with van der Waals surface area (Å²) in [5.41, 5.74) is 0.343. The van der Waals surface area contributed by atoms with Crippen molar-refractivity contribution in [1.29, 1.82) is 0 Å². The lowest BCUT2D eigenvalue weighted by molar-refractivity contribution is -0.274. The van der Waals surface area contributed by atoms with Crippen LogP contribution < -0.4 is 10.1 Å². The number of alkyl halides is 5. The molecule has 2 aliphatic rings. The van der Waals surface area contributed by atoms with Gasteiger partial charge >= 0.3 is 6.36 Å². The van der Waals surface area contributed by atoms with Gasteiger partial charge in [0.2, 0.25) is 5.91 Å². The summed E-state index contributed by atoms with van der Waals surface area (Å²) in [7, 11) is 0. The van der Waals surface area contributed by atoms with Crippen LogP contribution in [0.1, 0.15) is 41.7 Å². The van der Waals surface area contributed by atoms with E-state index in [-0.39, 0.29) is 42.6 Å². The van der Waals surface area contributed by atoms with Gasteiger partial charge in [-0.1, -0.05) is 6.07 Å². The number of carbonyl (C=O) groups is 2. The second kappa shape index (κ2) is 9.86. The Hall–Kier alpha value is -3.51. The third-order valence-corrected chi connectivity index (χ3v) is 6.07. The van der Waals surface area contributed by atoms with Crippen molar-refractivity contribution < 1.29 is 36.3 Å². The monoisotopic (exact) mass is 513 g/mol. The number of amides is 2. The molecule has 0 spiro atoms. The van der Waals surface area contributed by atoms with E-state index in [4.69, 9.17) is 0 Å². The van der Waals surface area contributed by atoms with Crippen LogP contribution in [-0.4, -0.2) is 69.5 Å². The van der Waals surface area contributed by atoms with Crippen LogP contribution in [0.3, 0.4) is 0 Å². The van der Waals surface area contributed by atoms with Gasteiger partial charge in [-0.25, -0.2) is 18.7 Å². The zero-order valence-corrected chi connectivity index (χ0v) is 19.3. The first-order chi connectivity index (χ1) is 16.9. The number of hydrogen-bond donors (Lipinski definition) is 1. The molecule has 2 aliphatic heterocycles. The Morgan fingerprint density at radius 2 is 2.03 bits per heavy atom. The number of likely N-dealkylation sites (tertiary alicyclic amines) is 2. The van der Waals surface area contributed by atoms with Gasteiger partial charge in [-0.3, -0.25) is 9.59 Å². The Bertz CT molecular complexity index is 1140. The van der Waals surface area contributed by atoms with Crippen LogP contribution in [0.25, 0.3) is 0 Å². The molecule has 1 N–H and O–H groups in total. The first-order valence-corrected chi connectivity index (χ1v) is 11.3. The van der Waals surface area contributed by atoms with Crippen molar-refractivity contribution in [1.82, 2.24) is 19.8 Å². The minimum atomic E-state index is -4.88. The molecule has 1 atom stereocenters. The van der Waals surface area contributed by atoms with Gasteiger partial charge in [-0.15, -0.1) is 13.2 Å². The smallest absolute Gasteiger partial charge is 0.406 e. The van der Waals surface area contributed by atoms with Crippen LogP contribution in [0.15, 0.2) is 30.5 Å². The Balaban J connectivity index is 1.56. The molecule has 2 amide bonds. The number of halogens is 5. The first-order valence-electron chi connectivity index (χ1n) is 11.3. The standard InChI is InChI=1S/C23H24F5N5O3/c1-14-4-5-17(30-18-11-16(7-9-29-18)36-23(26,27)28)31-20(14)21(35)33-13-22(24,25)8-6-15(33)12-32-10-2-3-19(32)34/h4-5,7,9,11,15H,2-3,6,8,10,12-13H2,1H3,(H,29,30,31)/t15-/m1/s1. The molecule has 0 unspecified atom stereocenters. The summed E-state index contributed by atoms with van der Waals surface area (Å²) in [6, 6.07) is 4.47. The van der Waals surface area contributed by atoms with Crippen molar-refractivity contribution in [2.24, 2.45) is 0 Å². The molecule has 0 saturated carbocycles. The number of aromatic nitrogens is 2. The van der Waals surface area contributed by atoms with E-state index in [0.717, 1.165) is 23.2 Å². The van der Waals surface area contributed by atoms with Gasteiger partial charge in [-0.2, -0.15) is 0 Å². The molecule has 194 valence electrons. The lowest BCUT2D eigenvalue weighted by atomic mass is 9.97. The Morgan fingerprint density at radius 1 is 1.25 bits per heavy atom. The van der Waals surface area contributed by atoms with Crippen molar-refractivity contribution in [3.8, 4) is 5.75 Å². The number of rotatable bonds is 6. The molecule has 2 aromatic heterocycles. The minimum Gasteiger partial charge on any atom is -0.406 e. The number of carbonyl (C=O) groups excluding carboxylic acids is 2. The SMILES string of the molecule is Cc1ccc(Nc2cc(OC(F)(F)F)ccn2)nc1C(=O)N1CC(F)(F)CC[C@@H]1CN1CCCC1=O. The molecule has 0 bridgehead atoms. The van der Waals surface area contributed by atoms with E-state index >= 15 is 0 Å². The summed E-state index contributed by atoms with van der Waals surface area (Å²) in [6.45, 7) is 1.50. The number of piperidine rings is 1. The summed E-state index contributed by atoms with van der Waals surface area (Å²) < 4.78 is 70.0. The molecule has 36 heavy (non-hydrogen) atoms. The number of hydrogen-bond acceptors (Lipinski definition) is 6. The lowest BCUT2D eigenvalue weighted by Crippen LogP contribution is -2.55. The average molecular weight is 513 g/mol. The average Bonchev–Trinajstić information content (AvgIpc) is 3.19. The third-order valence-electron chi connectivity index (χ3n) is 6.07. The molecule has 4 heterocycles. The highest BCUT2D eigenvalue weighted by atomic mass is 19.4. The van der Waals surface area contributed by atoms with E-state index in [9.17, 15) is 31.5 Å². The van der Waals surface area contributed by atoms with Gasteiger partial charge in [0.25, 0.3) is 11.8 Å². The van der Waals surface area contributed by atoms with Gasteiger partial charge in [-0.05, 0) is 37.5 Å². The van der Waals surface area contributed by atoms with Crippen LogP contribution >= 0.6 is 0 Å². The molecule has 0 aromatic carbocycles. The quantitative estimate of drug-likeness (QED) is 0.580. The predicted octanol–water partition coefficient (Wildman–Crippen LogP) is 4.29. The largest absolute Gasteiger partial charge is 0.573 e. The fourth-order valence-electron chi connectivity index (χ4n) is 4.33.